The van der Waals surface area contributed by atoms with Crippen LogP contribution >= 0.6 is 11.6 Å². The lowest BCUT2D eigenvalue weighted by Gasteiger charge is -2.09. The Bertz CT molecular complexity index is 1290. The van der Waals surface area contributed by atoms with Gasteiger partial charge in [0, 0.05) is 22.6 Å². The number of aryl methyl sites for hydroxylation is 1. The summed E-state index contributed by atoms with van der Waals surface area (Å²) in [6.45, 7) is 3.75. The SMILES string of the molecule is CCc1c(C(=O)Nc2cccc(-n3c(C)c[nH]c3=O)c2)nnn1-c1cccc(Cl)c1. The van der Waals surface area contributed by atoms with Crippen molar-refractivity contribution in [1.82, 2.24) is 24.5 Å². The Hall–Kier alpha value is -3.65. The molecular formula is C21H19ClN6O2. The molecule has 152 valence electrons. The fraction of sp³-hybridized carbons (Fsp3) is 0.143. The number of carbonyl (C=O) groups is 1. The van der Waals surface area contributed by atoms with Crippen molar-refractivity contribution < 1.29 is 4.79 Å². The van der Waals surface area contributed by atoms with Crippen LogP contribution in [0.2, 0.25) is 5.02 Å². The minimum Gasteiger partial charge on any atom is -0.320 e. The second kappa shape index (κ2) is 8.00. The Balaban J connectivity index is 1.64. The quantitative estimate of drug-likeness (QED) is 0.514. The lowest BCUT2D eigenvalue weighted by Crippen LogP contribution is -2.17. The van der Waals surface area contributed by atoms with Gasteiger partial charge in [0.05, 0.1) is 17.1 Å². The van der Waals surface area contributed by atoms with Crippen LogP contribution in [-0.2, 0) is 6.42 Å². The van der Waals surface area contributed by atoms with Gasteiger partial charge in [0.15, 0.2) is 5.69 Å². The standard InChI is InChI=1S/C21H19ClN6O2/c1-3-18-19(25-26-28(18)17-9-4-6-14(22)10-17)20(29)24-15-7-5-8-16(11-15)27-13(2)12-23-21(27)30/h4-12H,3H2,1-2H3,(H,23,30)(H,24,29). The minimum absolute atomic E-state index is 0.234. The Kier molecular flexibility index (Phi) is 5.24. The third-order valence-electron chi connectivity index (χ3n) is 4.69. The zero-order chi connectivity index (χ0) is 21.3. The number of hydrogen-bond donors (Lipinski definition) is 2. The molecule has 0 unspecified atom stereocenters. The molecule has 0 spiro atoms. The molecule has 0 saturated carbocycles. The maximum Gasteiger partial charge on any atom is 0.330 e. The Morgan fingerprint density at radius 3 is 2.63 bits per heavy atom. The number of aromatic amines is 1. The van der Waals surface area contributed by atoms with Crippen LogP contribution in [0.3, 0.4) is 0 Å². The molecule has 8 nitrogen and oxygen atoms in total. The highest BCUT2D eigenvalue weighted by Gasteiger charge is 2.20. The molecule has 2 N–H and O–H groups in total. The molecule has 9 heteroatoms. The Labute approximate surface area is 177 Å². The maximum absolute atomic E-state index is 12.9. The van der Waals surface area contributed by atoms with Gasteiger partial charge >= 0.3 is 5.69 Å². The Morgan fingerprint density at radius 1 is 1.17 bits per heavy atom. The third-order valence-corrected chi connectivity index (χ3v) is 4.92. The normalized spacial score (nSPS) is 10.9. The van der Waals surface area contributed by atoms with E-state index in [4.69, 9.17) is 11.6 Å². The van der Waals surface area contributed by atoms with Gasteiger partial charge in [-0.2, -0.15) is 0 Å². The summed E-state index contributed by atoms with van der Waals surface area (Å²) in [7, 11) is 0. The summed E-state index contributed by atoms with van der Waals surface area (Å²) in [6, 6.07) is 14.2. The first-order valence-electron chi connectivity index (χ1n) is 9.37. The highest BCUT2D eigenvalue weighted by Crippen LogP contribution is 2.20. The van der Waals surface area contributed by atoms with Gasteiger partial charge in [-0.05, 0) is 49.7 Å². The first-order chi connectivity index (χ1) is 14.5. The number of imidazole rings is 1. The number of benzene rings is 2. The van der Waals surface area contributed by atoms with Crippen molar-refractivity contribution in [2.75, 3.05) is 5.32 Å². The summed E-state index contributed by atoms with van der Waals surface area (Å²) in [5, 5.41) is 11.6. The summed E-state index contributed by atoms with van der Waals surface area (Å²) in [5.41, 5.74) is 3.35. The summed E-state index contributed by atoms with van der Waals surface area (Å²) in [6.07, 6.45) is 2.19. The Morgan fingerprint density at radius 2 is 1.93 bits per heavy atom. The van der Waals surface area contributed by atoms with Gasteiger partial charge in [-0.25, -0.2) is 9.48 Å². The van der Waals surface area contributed by atoms with Gasteiger partial charge in [-0.3, -0.25) is 9.36 Å². The fourth-order valence-corrected chi connectivity index (χ4v) is 3.48. The van der Waals surface area contributed by atoms with E-state index in [1.165, 1.54) is 4.57 Å². The number of halogens is 1. The number of rotatable bonds is 5. The molecule has 0 atom stereocenters. The summed E-state index contributed by atoms with van der Waals surface area (Å²) < 4.78 is 3.14. The number of carbonyl (C=O) groups excluding carboxylic acids is 1. The average molecular weight is 423 g/mol. The second-order valence-corrected chi connectivity index (χ2v) is 7.14. The van der Waals surface area contributed by atoms with Crippen molar-refractivity contribution in [3.05, 3.63) is 87.3 Å². The maximum atomic E-state index is 12.9. The number of hydrogen-bond acceptors (Lipinski definition) is 4. The molecule has 2 aromatic heterocycles. The molecule has 0 aliphatic rings. The van der Waals surface area contributed by atoms with E-state index in [0.717, 1.165) is 11.4 Å². The van der Waals surface area contributed by atoms with Gasteiger partial charge < -0.3 is 10.3 Å². The van der Waals surface area contributed by atoms with Crippen LogP contribution in [0.4, 0.5) is 5.69 Å². The van der Waals surface area contributed by atoms with Crippen LogP contribution in [-0.4, -0.2) is 30.5 Å². The highest BCUT2D eigenvalue weighted by atomic mass is 35.5. The van der Waals surface area contributed by atoms with E-state index in [1.807, 2.05) is 26.0 Å². The molecule has 4 aromatic rings. The monoisotopic (exact) mass is 422 g/mol. The predicted octanol–water partition coefficient (Wildman–Crippen LogP) is 3.52. The molecule has 2 heterocycles. The van der Waals surface area contributed by atoms with Gasteiger partial charge in [-0.1, -0.05) is 35.9 Å². The molecular weight excluding hydrogens is 404 g/mol. The number of nitrogens with zero attached hydrogens (tertiary/aromatic N) is 4. The third kappa shape index (κ3) is 3.65. The topological polar surface area (TPSA) is 97.6 Å². The van der Waals surface area contributed by atoms with E-state index >= 15 is 0 Å². The molecule has 1 amide bonds. The first-order valence-corrected chi connectivity index (χ1v) is 9.75. The zero-order valence-electron chi connectivity index (χ0n) is 16.4. The molecule has 0 saturated heterocycles. The van der Waals surface area contributed by atoms with Crippen LogP contribution in [0.1, 0.15) is 28.8 Å². The van der Waals surface area contributed by atoms with Crippen LogP contribution in [0.15, 0.2) is 59.5 Å². The predicted molar refractivity (Wildman–Crippen MR) is 115 cm³/mol. The van der Waals surface area contributed by atoms with E-state index in [1.54, 1.807) is 47.3 Å². The number of H-pyrrole nitrogens is 1. The summed E-state index contributed by atoms with van der Waals surface area (Å²) in [5.74, 6) is -0.379. The molecule has 4 rings (SSSR count). The zero-order valence-corrected chi connectivity index (χ0v) is 17.1. The molecule has 2 aromatic carbocycles. The number of amides is 1. The van der Waals surface area contributed by atoms with Crippen molar-refractivity contribution in [3.8, 4) is 11.4 Å². The lowest BCUT2D eigenvalue weighted by atomic mass is 10.2. The highest BCUT2D eigenvalue weighted by molar-refractivity contribution is 6.30. The molecule has 0 radical (unpaired) electrons. The van der Waals surface area contributed by atoms with Crippen LogP contribution in [0, 0.1) is 6.92 Å². The largest absolute Gasteiger partial charge is 0.330 e. The van der Waals surface area contributed by atoms with E-state index in [2.05, 4.69) is 20.6 Å². The van der Waals surface area contributed by atoms with Gasteiger partial charge in [0.2, 0.25) is 0 Å². The summed E-state index contributed by atoms with van der Waals surface area (Å²) in [4.78, 5) is 27.6. The van der Waals surface area contributed by atoms with Crippen molar-refractivity contribution in [3.63, 3.8) is 0 Å². The summed E-state index contributed by atoms with van der Waals surface area (Å²) >= 11 is 6.08. The minimum atomic E-state index is -0.379. The average Bonchev–Trinajstić information content (AvgIpc) is 3.31. The van der Waals surface area contributed by atoms with E-state index < -0.39 is 0 Å². The smallest absolute Gasteiger partial charge is 0.320 e. The molecule has 0 bridgehead atoms. The van der Waals surface area contributed by atoms with Crippen molar-refractivity contribution in [2.45, 2.75) is 20.3 Å². The van der Waals surface area contributed by atoms with E-state index in [9.17, 15) is 9.59 Å². The fourth-order valence-electron chi connectivity index (χ4n) is 3.30. The van der Waals surface area contributed by atoms with Crippen LogP contribution in [0.25, 0.3) is 11.4 Å². The second-order valence-electron chi connectivity index (χ2n) is 6.71. The number of aromatic nitrogens is 5. The number of anilines is 1. The molecule has 0 aliphatic carbocycles. The van der Waals surface area contributed by atoms with Crippen molar-refractivity contribution in [2.24, 2.45) is 0 Å². The van der Waals surface area contributed by atoms with Gasteiger partial charge in [0.1, 0.15) is 0 Å². The van der Waals surface area contributed by atoms with E-state index in [-0.39, 0.29) is 17.3 Å². The molecule has 30 heavy (non-hydrogen) atoms. The molecule has 0 fully saturated rings. The van der Waals surface area contributed by atoms with Crippen LogP contribution < -0.4 is 11.0 Å². The van der Waals surface area contributed by atoms with Gasteiger partial charge in [0.25, 0.3) is 5.91 Å². The van der Waals surface area contributed by atoms with Crippen LogP contribution in [0.5, 0.6) is 0 Å². The van der Waals surface area contributed by atoms with Gasteiger partial charge in [-0.15, -0.1) is 5.10 Å². The molecule has 0 aliphatic heterocycles. The van der Waals surface area contributed by atoms with E-state index in [0.29, 0.717) is 28.5 Å². The lowest BCUT2D eigenvalue weighted by molar-refractivity contribution is 0.102. The van der Waals surface area contributed by atoms with Crippen molar-refractivity contribution >= 4 is 23.2 Å². The number of nitrogens with one attached hydrogen (secondary N) is 2. The first kappa shape index (κ1) is 19.7. The van der Waals surface area contributed by atoms with Crippen molar-refractivity contribution in [1.29, 1.82) is 0 Å².